The second-order valence-electron chi connectivity index (χ2n) is 9.98. The van der Waals surface area contributed by atoms with Crippen molar-refractivity contribution < 1.29 is 9.18 Å². The van der Waals surface area contributed by atoms with Crippen LogP contribution in [0, 0.1) is 23.1 Å². The summed E-state index contributed by atoms with van der Waals surface area (Å²) in [6.45, 7) is 4.00. The number of rotatable bonds is 7. The van der Waals surface area contributed by atoms with Gasteiger partial charge in [0.05, 0.1) is 16.7 Å². The standard InChI is InChI=1S/C27H30ClFN4O/c28-24-16-22(6-7-25(24)29)31-26(34)33(13-3-12-32-10-2-11-32)23-8-9-27(17-21(27)15-23)20-5-1-4-19(14-20)18-30/h1,4-7,14,16,21,23H,2-3,8-13,15,17H2,(H,31,34)/t21?,23-,27-/m1/s1. The summed E-state index contributed by atoms with van der Waals surface area (Å²) in [5, 5.41) is 12.2. The normalized spacial score (nSPS) is 25.6. The third-order valence-electron chi connectivity index (χ3n) is 7.97. The van der Waals surface area contributed by atoms with Crippen molar-refractivity contribution in [3.05, 3.63) is 64.4 Å². The highest BCUT2D eigenvalue weighted by molar-refractivity contribution is 6.31. The molecule has 1 saturated heterocycles. The van der Waals surface area contributed by atoms with E-state index in [1.165, 1.54) is 24.1 Å². The van der Waals surface area contributed by atoms with Crippen LogP contribution in [0.1, 0.15) is 49.7 Å². The number of benzene rings is 2. The molecule has 0 bridgehead atoms. The summed E-state index contributed by atoms with van der Waals surface area (Å²) in [5.41, 5.74) is 2.65. The van der Waals surface area contributed by atoms with Crippen LogP contribution in [0.5, 0.6) is 0 Å². The van der Waals surface area contributed by atoms with Crippen LogP contribution in [-0.2, 0) is 5.41 Å². The number of urea groups is 1. The number of carbonyl (C=O) groups excluding carboxylic acids is 1. The van der Waals surface area contributed by atoms with Crippen LogP contribution in [0.15, 0.2) is 42.5 Å². The molecule has 2 aromatic rings. The molecule has 1 aliphatic heterocycles. The Bertz CT molecular complexity index is 1110. The molecule has 5 nitrogen and oxygen atoms in total. The van der Waals surface area contributed by atoms with Crippen molar-refractivity contribution >= 4 is 23.3 Å². The van der Waals surface area contributed by atoms with Crippen molar-refractivity contribution in [3.8, 4) is 6.07 Å². The average molecular weight is 481 g/mol. The Labute approximate surface area is 205 Å². The van der Waals surface area contributed by atoms with Crippen molar-refractivity contribution in [3.63, 3.8) is 0 Å². The first-order chi connectivity index (χ1) is 16.5. The lowest BCUT2D eigenvalue weighted by Crippen LogP contribution is -2.47. The molecule has 1 unspecified atom stereocenters. The maximum absolute atomic E-state index is 13.6. The highest BCUT2D eigenvalue weighted by Crippen LogP contribution is 2.62. The molecule has 0 radical (unpaired) electrons. The van der Waals surface area contributed by atoms with E-state index in [-0.39, 0.29) is 22.5 Å². The van der Waals surface area contributed by atoms with E-state index < -0.39 is 5.82 Å². The number of nitrogens with zero attached hydrogens (tertiary/aromatic N) is 3. The number of fused-ring (bicyclic) bond motifs is 1. The van der Waals surface area contributed by atoms with Gasteiger partial charge in [-0.25, -0.2) is 9.18 Å². The van der Waals surface area contributed by atoms with Crippen molar-refractivity contribution in [2.24, 2.45) is 5.92 Å². The summed E-state index contributed by atoms with van der Waals surface area (Å²) in [4.78, 5) is 17.8. The molecule has 34 heavy (non-hydrogen) atoms. The molecule has 3 aliphatic rings. The maximum Gasteiger partial charge on any atom is 0.322 e. The van der Waals surface area contributed by atoms with Gasteiger partial charge in [-0.1, -0.05) is 23.7 Å². The van der Waals surface area contributed by atoms with E-state index >= 15 is 0 Å². The summed E-state index contributed by atoms with van der Waals surface area (Å²) in [6, 6.07) is 14.6. The first kappa shape index (κ1) is 23.1. The van der Waals surface area contributed by atoms with Crippen molar-refractivity contribution in [1.82, 2.24) is 9.80 Å². The highest BCUT2D eigenvalue weighted by Gasteiger charge is 2.58. The smallest absolute Gasteiger partial charge is 0.321 e. The summed E-state index contributed by atoms with van der Waals surface area (Å²) >= 11 is 5.92. The molecule has 7 heteroatoms. The average Bonchev–Trinajstić information content (AvgIpc) is 3.55. The zero-order chi connectivity index (χ0) is 23.7. The summed E-state index contributed by atoms with van der Waals surface area (Å²) in [5.74, 6) is 0.0371. The van der Waals surface area contributed by atoms with Crippen LogP contribution in [-0.4, -0.2) is 48.1 Å². The summed E-state index contributed by atoms with van der Waals surface area (Å²) in [6.07, 6.45) is 6.25. The van der Waals surface area contributed by atoms with E-state index in [0.717, 1.165) is 51.7 Å². The van der Waals surface area contributed by atoms with Gasteiger partial charge in [-0.05, 0) is 105 Å². The molecule has 1 N–H and O–H groups in total. The predicted octanol–water partition coefficient (Wildman–Crippen LogP) is 5.79. The lowest BCUT2D eigenvalue weighted by Gasteiger charge is -2.38. The van der Waals surface area contributed by atoms with Gasteiger partial charge in [0.2, 0.25) is 0 Å². The first-order valence-corrected chi connectivity index (χ1v) is 12.6. The monoisotopic (exact) mass is 480 g/mol. The molecule has 1 heterocycles. The fourth-order valence-corrected chi connectivity index (χ4v) is 6.02. The molecule has 3 atom stereocenters. The number of nitrogens with one attached hydrogen (secondary N) is 1. The SMILES string of the molecule is N#Cc1cccc([C@]23CC[C@@H](N(CCCN4CCC4)C(=O)Nc4ccc(F)c(Cl)c4)CC2C3)c1. The molecular formula is C27H30ClFN4O. The van der Waals surface area contributed by atoms with Gasteiger partial charge < -0.3 is 15.1 Å². The van der Waals surface area contributed by atoms with Crippen LogP contribution in [0.2, 0.25) is 5.02 Å². The highest BCUT2D eigenvalue weighted by atomic mass is 35.5. The second kappa shape index (κ2) is 9.56. The molecule has 2 amide bonds. The molecule has 5 rings (SSSR count). The van der Waals surface area contributed by atoms with Gasteiger partial charge in [-0.3, -0.25) is 0 Å². The Hall–Kier alpha value is -2.62. The Kier molecular flexibility index (Phi) is 6.50. The minimum Gasteiger partial charge on any atom is -0.321 e. The summed E-state index contributed by atoms with van der Waals surface area (Å²) < 4.78 is 13.6. The maximum atomic E-state index is 13.6. The largest absolute Gasteiger partial charge is 0.322 e. The van der Waals surface area contributed by atoms with Gasteiger partial charge in [0.25, 0.3) is 0 Å². The van der Waals surface area contributed by atoms with E-state index in [9.17, 15) is 14.4 Å². The third kappa shape index (κ3) is 4.64. The Morgan fingerprint density at radius 3 is 2.85 bits per heavy atom. The minimum atomic E-state index is -0.496. The Morgan fingerprint density at radius 2 is 2.15 bits per heavy atom. The van der Waals surface area contributed by atoms with Gasteiger partial charge in [0, 0.05) is 18.3 Å². The van der Waals surface area contributed by atoms with Gasteiger partial charge in [-0.2, -0.15) is 5.26 Å². The van der Waals surface area contributed by atoms with E-state index in [1.54, 1.807) is 6.07 Å². The van der Waals surface area contributed by atoms with Crippen LogP contribution in [0.3, 0.4) is 0 Å². The molecule has 0 spiro atoms. The van der Waals surface area contributed by atoms with Crippen molar-refractivity contribution in [2.45, 2.75) is 50.0 Å². The van der Waals surface area contributed by atoms with E-state index in [1.807, 2.05) is 23.1 Å². The van der Waals surface area contributed by atoms with Crippen LogP contribution >= 0.6 is 11.6 Å². The quantitative estimate of drug-likeness (QED) is 0.545. The fraction of sp³-hybridized carbons (Fsp3) is 0.481. The third-order valence-corrected chi connectivity index (χ3v) is 8.26. The molecule has 2 saturated carbocycles. The molecule has 178 valence electrons. The van der Waals surface area contributed by atoms with Crippen LogP contribution < -0.4 is 5.32 Å². The fourth-order valence-electron chi connectivity index (χ4n) is 5.83. The lowest BCUT2D eigenvalue weighted by atomic mass is 9.80. The number of halogens is 2. The summed E-state index contributed by atoms with van der Waals surface area (Å²) in [7, 11) is 0. The van der Waals surface area contributed by atoms with Gasteiger partial charge >= 0.3 is 6.03 Å². The first-order valence-electron chi connectivity index (χ1n) is 12.2. The molecule has 0 aromatic heterocycles. The van der Waals surface area contributed by atoms with E-state index in [0.29, 0.717) is 23.7 Å². The Balaban J connectivity index is 1.27. The number of hydrogen-bond donors (Lipinski definition) is 1. The van der Waals surface area contributed by atoms with Crippen molar-refractivity contribution in [1.29, 1.82) is 5.26 Å². The van der Waals surface area contributed by atoms with Gasteiger partial charge in [0.1, 0.15) is 5.82 Å². The molecule has 2 aliphatic carbocycles. The van der Waals surface area contributed by atoms with Gasteiger partial charge in [0.15, 0.2) is 0 Å². The molecule has 3 fully saturated rings. The van der Waals surface area contributed by atoms with Crippen LogP contribution in [0.25, 0.3) is 0 Å². The zero-order valence-electron chi connectivity index (χ0n) is 19.3. The lowest BCUT2D eigenvalue weighted by molar-refractivity contribution is 0.141. The number of likely N-dealkylation sites (tertiary alicyclic amines) is 1. The second-order valence-corrected chi connectivity index (χ2v) is 10.4. The number of nitriles is 1. The minimum absolute atomic E-state index is 0.00200. The number of carbonyl (C=O) groups is 1. The number of hydrogen-bond acceptors (Lipinski definition) is 3. The molecular weight excluding hydrogens is 451 g/mol. The Morgan fingerprint density at radius 1 is 1.29 bits per heavy atom. The number of anilines is 1. The van der Waals surface area contributed by atoms with E-state index in [4.69, 9.17) is 11.6 Å². The van der Waals surface area contributed by atoms with E-state index in [2.05, 4.69) is 22.4 Å². The van der Waals surface area contributed by atoms with Gasteiger partial charge in [-0.15, -0.1) is 0 Å². The topological polar surface area (TPSA) is 59.4 Å². The number of amides is 2. The zero-order valence-corrected chi connectivity index (χ0v) is 20.0. The van der Waals surface area contributed by atoms with Crippen molar-refractivity contribution in [2.75, 3.05) is 31.5 Å². The predicted molar refractivity (Wildman–Crippen MR) is 131 cm³/mol. The van der Waals surface area contributed by atoms with Crippen LogP contribution in [0.4, 0.5) is 14.9 Å². The molecule has 2 aromatic carbocycles.